The summed E-state index contributed by atoms with van der Waals surface area (Å²) in [6.07, 6.45) is 0. The van der Waals surface area contributed by atoms with E-state index in [-0.39, 0.29) is 0 Å². The maximum absolute atomic E-state index is 12.3. The molecule has 4 N–H and O–H groups in total. The molecule has 1 heterocycles. The van der Waals surface area contributed by atoms with Crippen LogP contribution >= 0.6 is 0 Å². The van der Waals surface area contributed by atoms with Crippen molar-refractivity contribution in [1.29, 1.82) is 0 Å². The van der Waals surface area contributed by atoms with Crippen molar-refractivity contribution in [2.24, 2.45) is 0 Å². The molecule has 0 radical (unpaired) electrons. The van der Waals surface area contributed by atoms with Gasteiger partial charge >= 0.3 is 18.1 Å². The van der Waals surface area contributed by atoms with E-state index in [1.807, 2.05) is 0 Å². The first-order valence-corrected chi connectivity index (χ1v) is 6.84. The number of morpholine rings is 1. The highest BCUT2D eigenvalue weighted by molar-refractivity contribution is 5.83. The number of nitrogens with zero attached hydrogens (tertiary/aromatic N) is 2. The van der Waals surface area contributed by atoms with Crippen LogP contribution in [0.25, 0.3) is 0 Å². The number of urea groups is 3. The summed E-state index contributed by atoms with van der Waals surface area (Å²) < 4.78 is 5.16. The maximum atomic E-state index is 12.3. The summed E-state index contributed by atoms with van der Waals surface area (Å²) in [4.78, 5) is 36.9. The largest absolute Gasteiger partial charge is 0.378 e. The normalized spacial score (nSPS) is 14.1. The summed E-state index contributed by atoms with van der Waals surface area (Å²) in [6.45, 7) is 5.89. The Balaban J connectivity index is 2.66. The van der Waals surface area contributed by atoms with Gasteiger partial charge in [-0.15, -0.1) is 5.12 Å². The standard InChI is InChI=1S/C11H22N6O4/c1-3-12-9(18)14-17(15-10(19)13-4-2)11(20)16-5-7-21-8-6-16/h3-8H2,1-2H3,(H2,12,14,18)(H2,13,15,19). The van der Waals surface area contributed by atoms with Gasteiger partial charge in [0.15, 0.2) is 0 Å². The molecule has 120 valence electrons. The number of nitrogens with one attached hydrogen (secondary N) is 4. The number of rotatable bonds is 2. The lowest BCUT2D eigenvalue weighted by molar-refractivity contribution is 0.0343. The van der Waals surface area contributed by atoms with Crippen molar-refractivity contribution < 1.29 is 19.1 Å². The topological polar surface area (TPSA) is 115 Å². The van der Waals surface area contributed by atoms with Gasteiger partial charge in [-0.3, -0.25) is 0 Å². The van der Waals surface area contributed by atoms with E-state index < -0.39 is 18.1 Å². The molecular weight excluding hydrogens is 280 g/mol. The Bertz CT molecular complexity index is 352. The van der Waals surface area contributed by atoms with Crippen molar-refractivity contribution >= 4 is 18.1 Å². The fourth-order valence-electron chi connectivity index (χ4n) is 1.62. The molecule has 1 saturated heterocycles. The molecule has 6 amide bonds. The monoisotopic (exact) mass is 302 g/mol. The van der Waals surface area contributed by atoms with E-state index in [2.05, 4.69) is 21.5 Å². The van der Waals surface area contributed by atoms with Crippen molar-refractivity contribution in [1.82, 2.24) is 31.5 Å². The van der Waals surface area contributed by atoms with Crippen LogP contribution in [0.1, 0.15) is 13.8 Å². The molecule has 21 heavy (non-hydrogen) atoms. The van der Waals surface area contributed by atoms with Gasteiger partial charge in [-0.05, 0) is 13.8 Å². The molecule has 0 aromatic rings. The third-order valence-corrected chi connectivity index (χ3v) is 2.57. The van der Waals surface area contributed by atoms with Crippen molar-refractivity contribution in [3.8, 4) is 0 Å². The number of hydrazine groups is 2. The molecule has 10 heteroatoms. The van der Waals surface area contributed by atoms with Gasteiger partial charge in [-0.1, -0.05) is 0 Å². The van der Waals surface area contributed by atoms with Crippen molar-refractivity contribution in [2.45, 2.75) is 13.8 Å². The number of ether oxygens (including phenoxy) is 1. The molecule has 0 saturated carbocycles. The molecule has 0 aromatic carbocycles. The van der Waals surface area contributed by atoms with E-state index in [9.17, 15) is 14.4 Å². The van der Waals surface area contributed by atoms with E-state index in [4.69, 9.17) is 4.74 Å². The van der Waals surface area contributed by atoms with Gasteiger partial charge in [0.25, 0.3) is 0 Å². The molecule has 1 fully saturated rings. The van der Waals surface area contributed by atoms with Gasteiger partial charge in [0.1, 0.15) is 0 Å². The van der Waals surface area contributed by atoms with Crippen LogP contribution in [0.2, 0.25) is 0 Å². The number of hydrogen-bond donors (Lipinski definition) is 4. The van der Waals surface area contributed by atoms with Crippen molar-refractivity contribution in [3.05, 3.63) is 0 Å². The lowest BCUT2D eigenvalue weighted by Crippen LogP contribution is -2.63. The Morgan fingerprint density at radius 1 is 1.00 bits per heavy atom. The average Bonchev–Trinajstić information content (AvgIpc) is 2.47. The SMILES string of the molecule is CCNC(=O)NN(NC(=O)NCC)C(=O)N1CCOCC1. The second-order valence-corrected chi connectivity index (χ2v) is 4.16. The minimum absolute atomic E-state index is 0.392. The molecule has 1 aliphatic heterocycles. The zero-order valence-corrected chi connectivity index (χ0v) is 12.3. The van der Waals surface area contributed by atoms with E-state index >= 15 is 0 Å². The lowest BCUT2D eigenvalue weighted by Gasteiger charge is -2.32. The summed E-state index contributed by atoms with van der Waals surface area (Å²) in [7, 11) is 0. The van der Waals surface area contributed by atoms with Gasteiger partial charge < -0.3 is 20.3 Å². The zero-order valence-electron chi connectivity index (χ0n) is 12.3. The Morgan fingerprint density at radius 3 is 1.90 bits per heavy atom. The minimum Gasteiger partial charge on any atom is -0.378 e. The number of amides is 6. The van der Waals surface area contributed by atoms with E-state index in [1.165, 1.54) is 4.90 Å². The third-order valence-electron chi connectivity index (χ3n) is 2.57. The number of hydrogen-bond acceptors (Lipinski definition) is 4. The van der Waals surface area contributed by atoms with Crippen LogP contribution in [-0.4, -0.2) is 67.5 Å². The molecule has 0 bridgehead atoms. The van der Waals surface area contributed by atoms with E-state index in [1.54, 1.807) is 13.8 Å². The van der Waals surface area contributed by atoms with Crippen molar-refractivity contribution in [2.75, 3.05) is 39.4 Å². The molecule has 0 atom stereocenters. The highest BCUT2D eigenvalue weighted by atomic mass is 16.5. The molecule has 1 rings (SSSR count). The highest BCUT2D eigenvalue weighted by Crippen LogP contribution is 2.00. The molecule has 1 aliphatic rings. The van der Waals surface area contributed by atoms with Gasteiger partial charge in [0, 0.05) is 26.2 Å². The van der Waals surface area contributed by atoms with Gasteiger partial charge in [-0.2, -0.15) is 0 Å². The molecule has 0 aliphatic carbocycles. The molecular formula is C11H22N6O4. The van der Waals surface area contributed by atoms with Crippen LogP contribution < -0.4 is 21.5 Å². The maximum Gasteiger partial charge on any atom is 0.358 e. The molecule has 10 nitrogen and oxygen atoms in total. The predicted molar refractivity (Wildman–Crippen MR) is 74.0 cm³/mol. The van der Waals surface area contributed by atoms with E-state index in [0.29, 0.717) is 39.4 Å². The number of carbonyl (C=O) groups excluding carboxylic acids is 3. The average molecular weight is 302 g/mol. The second kappa shape index (κ2) is 8.84. The summed E-state index contributed by atoms with van der Waals surface area (Å²) in [5.41, 5.74) is 4.57. The lowest BCUT2D eigenvalue weighted by atomic mass is 10.4. The van der Waals surface area contributed by atoms with Crippen LogP contribution in [0.15, 0.2) is 0 Å². The van der Waals surface area contributed by atoms with Crippen LogP contribution in [-0.2, 0) is 4.74 Å². The van der Waals surface area contributed by atoms with Crippen LogP contribution in [0, 0.1) is 0 Å². The Hall–Kier alpha value is -2.23. The fourth-order valence-corrected chi connectivity index (χ4v) is 1.62. The predicted octanol–water partition coefficient (Wildman–Crippen LogP) is -0.791. The van der Waals surface area contributed by atoms with Crippen molar-refractivity contribution in [3.63, 3.8) is 0 Å². The Kier molecular flexibility index (Phi) is 7.09. The summed E-state index contributed by atoms with van der Waals surface area (Å²) in [5, 5.41) is 5.73. The Morgan fingerprint density at radius 2 is 1.48 bits per heavy atom. The zero-order chi connectivity index (χ0) is 15.7. The smallest absolute Gasteiger partial charge is 0.358 e. The summed E-state index contributed by atoms with van der Waals surface area (Å²) in [5.74, 6) is 0. The number of carbonyl (C=O) groups is 3. The fraction of sp³-hybridized carbons (Fsp3) is 0.727. The molecule has 0 unspecified atom stereocenters. The van der Waals surface area contributed by atoms with Gasteiger partial charge in [0.05, 0.1) is 13.2 Å². The first-order valence-electron chi connectivity index (χ1n) is 6.84. The Labute approximate surface area is 123 Å². The van der Waals surface area contributed by atoms with Crippen LogP contribution in [0.5, 0.6) is 0 Å². The quantitative estimate of drug-likeness (QED) is 0.500. The van der Waals surface area contributed by atoms with Gasteiger partial charge in [0.2, 0.25) is 0 Å². The second-order valence-electron chi connectivity index (χ2n) is 4.16. The first kappa shape index (κ1) is 16.8. The van der Waals surface area contributed by atoms with Gasteiger partial charge in [-0.25, -0.2) is 25.2 Å². The van der Waals surface area contributed by atoms with E-state index in [0.717, 1.165) is 5.12 Å². The van der Waals surface area contributed by atoms with Crippen LogP contribution in [0.3, 0.4) is 0 Å². The highest BCUT2D eigenvalue weighted by Gasteiger charge is 2.25. The van der Waals surface area contributed by atoms with Crippen LogP contribution in [0.4, 0.5) is 14.4 Å². The molecule has 0 spiro atoms. The summed E-state index contributed by atoms with van der Waals surface area (Å²) in [6, 6.07) is -1.71. The third kappa shape index (κ3) is 5.73. The minimum atomic E-state index is -0.587. The molecule has 0 aromatic heterocycles. The summed E-state index contributed by atoms with van der Waals surface area (Å²) >= 11 is 0. The first-order chi connectivity index (χ1) is 10.1.